The molecule has 1 saturated heterocycles. The molecule has 16 heavy (non-hydrogen) atoms. The van der Waals surface area contributed by atoms with Crippen molar-refractivity contribution >= 4 is 11.8 Å². The number of nitrogens with zero attached hydrogens (tertiary/aromatic N) is 1. The normalized spacial score (nSPS) is 22.2. The Hall–Kier alpha value is -0.510. The Morgan fingerprint density at radius 2 is 2.12 bits per heavy atom. The van der Waals surface area contributed by atoms with Crippen LogP contribution < -0.4 is 5.32 Å². The maximum absolute atomic E-state index is 3.42. The molecule has 0 bridgehead atoms. The number of hydrogen-bond donors (Lipinski definition) is 1. The summed E-state index contributed by atoms with van der Waals surface area (Å²) < 4.78 is 0. The second kappa shape index (κ2) is 5.71. The molecule has 88 valence electrons. The minimum absolute atomic E-state index is 0.647. The van der Waals surface area contributed by atoms with Crippen LogP contribution in [0, 0.1) is 0 Å². The van der Waals surface area contributed by atoms with Crippen molar-refractivity contribution in [3.05, 3.63) is 29.8 Å². The van der Waals surface area contributed by atoms with Crippen LogP contribution in [0.2, 0.25) is 0 Å². The second-order valence-electron chi connectivity index (χ2n) is 4.37. The van der Waals surface area contributed by atoms with E-state index in [1.54, 1.807) is 11.8 Å². The van der Waals surface area contributed by atoms with Crippen LogP contribution in [0.1, 0.15) is 12.5 Å². The summed E-state index contributed by atoms with van der Waals surface area (Å²) in [6, 6.07) is 9.58. The summed E-state index contributed by atoms with van der Waals surface area (Å²) in [5.41, 5.74) is 1.42. The Morgan fingerprint density at radius 3 is 2.75 bits per heavy atom. The van der Waals surface area contributed by atoms with E-state index in [9.17, 15) is 0 Å². The van der Waals surface area contributed by atoms with Crippen molar-refractivity contribution in [2.24, 2.45) is 0 Å². The van der Waals surface area contributed by atoms with Gasteiger partial charge in [0.15, 0.2) is 0 Å². The van der Waals surface area contributed by atoms with Crippen molar-refractivity contribution in [2.75, 3.05) is 25.9 Å². The minimum atomic E-state index is 0.647. The lowest BCUT2D eigenvalue weighted by atomic mass is 10.1. The van der Waals surface area contributed by atoms with Crippen LogP contribution in [0.4, 0.5) is 0 Å². The highest BCUT2D eigenvalue weighted by Crippen LogP contribution is 2.16. The number of piperazine rings is 1. The Kier molecular flexibility index (Phi) is 4.27. The van der Waals surface area contributed by atoms with Crippen molar-refractivity contribution in [2.45, 2.75) is 24.4 Å². The van der Waals surface area contributed by atoms with Crippen LogP contribution in [-0.2, 0) is 6.54 Å². The summed E-state index contributed by atoms with van der Waals surface area (Å²) in [5, 5.41) is 3.42. The number of benzene rings is 1. The minimum Gasteiger partial charge on any atom is -0.314 e. The highest BCUT2D eigenvalue weighted by Gasteiger charge is 2.17. The molecule has 1 aliphatic rings. The Morgan fingerprint density at radius 1 is 1.38 bits per heavy atom. The molecular weight excluding hydrogens is 216 g/mol. The molecule has 2 rings (SSSR count). The first-order valence-corrected chi connectivity index (χ1v) is 7.10. The fraction of sp³-hybridized carbons (Fsp3) is 0.538. The molecule has 0 spiro atoms. The number of rotatable bonds is 3. The van der Waals surface area contributed by atoms with E-state index in [1.165, 1.54) is 10.5 Å². The second-order valence-corrected chi connectivity index (χ2v) is 5.25. The van der Waals surface area contributed by atoms with Gasteiger partial charge in [-0.2, -0.15) is 0 Å². The van der Waals surface area contributed by atoms with E-state index in [4.69, 9.17) is 0 Å². The van der Waals surface area contributed by atoms with Gasteiger partial charge < -0.3 is 5.32 Å². The summed E-state index contributed by atoms with van der Waals surface area (Å²) in [7, 11) is 0. The average molecular weight is 236 g/mol. The molecule has 3 heteroatoms. The van der Waals surface area contributed by atoms with Crippen molar-refractivity contribution in [3.63, 3.8) is 0 Å². The van der Waals surface area contributed by atoms with E-state index < -0.39 is 0 Å². The summed E-state index contributed by atoms with van der Waals surface area (Å²) >= 11 is 1.80. The first kappa shape index (κ1) is 12.0. The molecule has 0 saturated carbocycles. The van der Waals surface area contributed by atoms with Gasteiger partial charge >= 0.3 is 0 Å². The molecule has 1 N–H and O–H groups in total. The van der Waals surface area contributed by atoms with E-state index in [-0.39, 0.29) is 0 Å². The highest BCUT2D eigenvalue weighted by atomic mass is 32.2. The summed E-state index contributed by atoms with van der Waals surface area (Å²) in [5.74, 6) is 0. The zero-order chi connectivity index (χ0) is 11.4. The lowest BCUT2D eigenvalue weighted by molar-refractivity contribution is 0.165. The zero-order valence-electron chi connectivity index (χ0n) is 10.1. The quantitative estimate of drug-likeness (QED) is 0.810. The SMILES string of the molecule is CSc1ccc(CN2CCNC[C@H]2C)cc1. The predicted molar refractivity (Wildman–Crippen MR) is 71.0 cm³/mol. The van der Waals surface area contributed by atoms with E-state index in [1.807, 2.05) is 0 Å². The summed E-state index contributed by atoms with van der Waals surface area (Å²) in [6.45, 7) is 6.77. The lowest BCUT2D eigenvalue weighted by Crippen LogP contribution is -2.49. The fourth-order valence-corrected chi connectivity index (χ4v) is 2.49. The Balaban J connectivity index is 1.96. The molecule has 0 aromatic heterocycles. The third kappa shape index (κ3) is 3.00. The van der Waals surface area contributed by atoms with Crippen molar-refractivity contribution in [3.8, 4) is 0 Å². The predicted octanol–water partition coefficient (Wildman–Crippen LogP) is 2.20. The van der Waals surface area contributed by atoms with Crippen molar-refractivity contribution < 1.29 is 0 Å². The maximum atomic E-state index is 3.42. The standard InChI is InChI=1S/C13H20N2S/c1-11-9-14-7-8-15(11)10-12-3-5-13(16-2)6-4-12/h3-6,11,14H,7-10H2,1-2H3/t11-/m1/s1. The van der Waals surface area contributed by atoms with E-state index in [0.717, 1.165) is 26.2 Å². The summed E-state index contributed by atoms with van der Waals surface area (Å²) in [4.78, 5) is 3.89. The first-order chi connectivity index (χ1) is 7.79. The van der Waals surface area contributed by atoms with Crippen LogP contribution in [-0.4, -0.2) is 36.8 Å². The summed E-state index contributed by atoms with van der Waals surface area (Å²) in [6.07, 6.45) is 2.12. The maximum Gasteiger partial charge on any atom is 0.0237 e. The monoisotopic (exact) mass is 236 g/mol. The number of nitrogens with one attached hydrogen (secondary N) is 1. The zero-order valence-corrected chi connectivity index (χ0v) is 10.9. The van der Waals surface area contributed by atoms with Gasteiger partial charge in [0, 0.05) is 37.1 Å². The molecule has 0 aliphatic carbocycles. The third-order valence-electron chi connectivity index (χ3n) is 3.18. The van der Waals surface area contributed by atoms with Gasteiger partial charge in [0.25, 0.3) is 0 Å². The van der Waals surface area contributed by atoms with Gasteiger partial charge in [0.1, 0.15) is 0 Å². The highest BCUT2D eigenvalue weighted by molar-refractivity contribution is 7.98. The number of hydrogen-bond acceptors (Lipinski definition) is 3. The largest absolute Gasteiger partial charge is 0.314 e. The molecule has 1 aliphatic heterocycles. The van der Waals surface area contributed by atoms with E-state index >= 15 is 0 Å². The van der Waals surface area contributed by atoms with Crippen molar-refractivity contribution in [1.82, 2.24) is 10.2 Å². The fourth-order valence-electron chi connectivity index (χ4n) is 2.08. The molecule has 1 aromatic carbocycles. The average Bonchev–Trinajstić information content (AvgIpc) is 2.33. The topological polar surface area (TPSA) is 15.3 Å². The molecule has 0 radical (unpaired) electrons. The van der Waals surface area contributed by atoms with E-state index in [2.05, 4.69) is 47.7 Å². The van der Waals surface area contributed by atoms with Crippen molar-refractivity contribution in [1.29, 1.82) is 0 Å². The Bertz CT molecular complexity index is 323. The molecular formula is C13H20N2S. The van der Waals surface area contributed by atoms with Crippen LogP contribution in [0.5, 0.6) is 0 Å². The lowest BCUT2D eigenvalue weighted by Gasteiger charge is -2.33. The molecule has 2 nitrogen and oxygen atoms in total. The third-order valence-corrected chi connectivity index (χ3v) is 3.93. The van der Waals surface area contributed by atoms with Crippen LogP contribution in [0.15, 0.2) is 29.2 Å². The molecule has 0 amide bonds. The molecule has 1 fully saturated rings. The molecule has 1 aromatic rings. The van der Waals surface area contributed by atoms with Crippen LogP contribution >= 0.6 is 11.8 Å². The van der Waals surface area contributed by atoms with Gasteiger partial charge in [-0.1, -0.05) is 12.1 Å². The first-order valence-electron chi connectivity index (χ1n) is 5.87. The molecule has 0 unspecified atom stereocenters. The van der Waals surface area contributed by atoms with E-state index in [0.29, 0.717) is 6.04 Å². The number of thioether (sulfide) groups is 1. The Labute approximate surface area is 102 Å². The van der Waals surface area contributed by atoms with Gasteiger partial charge in [-0.15, -0.1) is 11.8 Å². The molecule has 1 atom stereocenters. The molecule has 1 heterocycles. The van der Waals surface area contributed by atoms with Gasteiger partial charge in [0.2, 0.25) is 0 Å². The van der Waals surface area contributed by atoms with Gasteiger partial charge in [0.05, 0.1) is 0 Å². The van der Waals surface area contributed by atoms with Crippen LogP contribution in [0.3, 0.4) is 0 Å². The van der Waals surface area contributed by atoms with Gasteiger partial charge in [-0.3, -0.25) is 4.90 Å². The van der Waals surface area contributed by atoms with Gasteiger partial charge in [-0.25, -0.2) is 0 Å². The van der Waals surface area contributed by atoms with Crippen LogP contribution in [0.25, 0.3) is 0 Å². The van der Waals surface area contributed by atoms with Gasteiger partial charge in [-0.05, 0) is 30.9 Å². The smallest absolute Gasteiger partial charge is 0.0237 e.